The highest BCUT2D eigenvalue weighted by molar-refractivity contribution is 9.10. The van der Waals surface area contributed by atoms with Crippen molar-refractivity contribution in [1.82, 2.24) is 4.57 Å². The lowest BCUT2D eigenvalue weighted by molar-refractivity contribution is -0.305. The normalized spacial score (nSPS) is 10.6. The first-order valence-corrected chi connectivity index (χ1v) is 8.68. The Morgan fingerprint density at radius 3 is 2.32 bits per heavy atom. The van der Waals surface area contributed by atoms with Gasteiger partial charge in [-0.3, -0.25) is 0 Å². The van der Waals surface area contributed by atoms with Gasteiger partial charge in [0.15, 0.2) is 0 Å². The highest BCUT2D eigenvalue weighted by atomic mass is 79.9. The van der Waals surface area contributed by atoms with E-state index in [0.717, 1.165) is 32.9 Å². The molecule has 2 aromatic carbocycles. The molecule has 0 amide bonds. The molecule has 0 bridgehead atoms. The van der Waals surface area contributed by atoms with Crippen LogP contribution in [-0.4, -0.2) is 17.6 Å². The Morgan fingerprint density at radius 2 is 1.72 bits per heavy atom. The third-order valence-corrected chi connectivity index (χ3v) is 4.55. The summed E-state index contributed by atoms with van der Waals surface area (Å²) in [5, 5.41) is 10.9. The summed E-state index contributed by atoms with van der Waals surface area (Å²) in [6, 6.07) is 19.7. The minimum absolute atomic E-state index is 0.0113. The molecule has 128 valence electrons. The van der Waals surface area contributed by atoms with Gasteiger partial charge in [0.1, 0.15) is 5.75 Å². The molecular weight excluding hydrogens is 382 g/mol. The van der Waals surface area contributed by atoms with Gasteiger partial charge in [-0.15, -0.1) is 0 Å². The number of carboxylic acids is 1. The van der Waals surface area contributed by atoms with E-state index in [-0.39, 0.29) is 6.42 Å². The molecule has 3 rings (SSSR count). The molecule has 1 heterocycles. The monoisotopic (exact) mass is 398 g/mol. The first-order valence-electron chi connectivity index (χ1n) is 7.89. The third kappa shape index (κ3) is 3.94. The Morgan fingerprint density at radius 1 is 1.04 bits per heavy atom. The summed E-state index contributed by atoms with van der Waals surface area (Å²) in [4.78, 5) is 10.9. The van der Waals surface area contributed by atoms with Gasteiger partial charge in [-0.25, -0.2) is 0 Å². The van der Waals surface area contributed by atoms with Gasteiger partial charge in [0, 0.05) is 21.8 Å². The molecule has 3 aromatic rings. The first kappa shape index (κ1) is 17.3. The van der Waals surface area contributed by atoms with Crippen LogP contribution in [0.1, 0.15) is 12.1 Å². The highest BCUT2D eigenvalue weighted by Gasteiger charge is 2.12. The maximum atomic E-state index is 10.9. The van der Waals surface area contributed by atoms with Crippen molar-refractivity contribution in [2.24, 2.45) is 0 Å². The van der Waals surface area contributed by atoms with Gasteiger partial charge in [-0.05, 0) is 79.1 Å². The van der Waals surface area contributed by atoms with Gasteiger partial charge in [-0.1, -0.05) is 15.9 Å². The number of halogens is 1. The number of carboxylic acid groups (broad SMARTS) is 1. The number of aromatic nitrogens is 1. The molecule has 5 heteroatoms. The van der Waals surface area contributed by atoms with Gasteiger partial charge in [0.05, 0.1) is 12.8 Å². The van der Waals surface area contributed by atoms with Crippen molar-refractivity contribution < 1.29 is 14.6 Å². The second-order valence-corrected chi connectivity index (χ2v) is 6.54. The van der Waals surface area contributed by atoms with Crippen LogP contribution in [0.2, 0.25) is 0 Å². The van der Waals surface area contributed by atoms with Crippen LogP contribution in [0.5, 0.6) is 5.75 Å². The van der Waals surface area contributed by atoms with E-state index in [1.165, 1.54) is 0 Å². The number of rotatable bonds is 6. The average Bonchev–Trinajstić information content (AvgIpc) is 3.04. The van der Waals surface area contributed by atoms with E-state index in [9.17, 15) is 9.90 Å². The molecule has 0 saturated heterocycles. The minimum Gasteiger partial charge on any atom is -0.550 e. The zero-order valence-electron chi connectivity index (χ0n) is 13.7. The molecule has 25 heavy (non-hydrogen) atoms. The Kier molecular flexibility index (Phi) is 5.24. The topological polar surface area (TPSA) is 54.3 Å². The summed E-state index contributed by atoms with van der Waals surface area (Å²) in [7, 11) is 1.64. The van der Waals surface area contributed by atoms with Crippen LogP contribution in [0.25, 0.3) is 16.9 Å². The highest BCUT2D eigenvalue weighted by Crippen LogP contribution is 2.29. The molecule has 0 N–H and O–H groups in total. The predicted molar refractivity (Wildman–Crippen MR) is 98.8 cm³/mol. The zero-order chi connectivity index (χ0) is 17.8. The fraction of sp³-hybridized carbons (Fsp3) is 0.150. The molecule has 0 saturated carbocycles. The summed E-state index contributed by atoms with van der Waals surface area (Å²) in [6.07, 6.45) is 0.400. The van der Waals surface area contributed by atoms with Gasteiger partial charge < -0.3 is 19.2 Å². The number of aryl methyl sites for hydroxylation is 1. The van der Waals surface area contributed by atoms with Crippen LogP contribution in [0.15, 0.2) is 65.1 Å². The second-order valence-electron chi connectivity index (χ2n) is 5.62. The van der Waals surface area contributed by atoms with Crippen molar-refractivity contribution in [3.05, 3.63) is 70.8 Å². The molecule has 0 aliphatic carbocycles. The number of hydrogen-bond donors (Lipinski definition) is 0. The molecule has 4 nitrogen and oxygen atoms in total. The van der Waals surface area contributed by atoms with E-state index in [1.54, 1.807) is 7.11 Å². The molecule has 0 spiro atoms. The quantitative estimate of drug-likeness (QED) is 0.637. The Bertz CT molecular complexity index is 867. The minimum atomic E-state index is -1.05. The van der Waals surface area contributed by atoms with E-state index in [0.29, 0.717) is 6.42 Å². The van der Waals surface area contributed by atoms with Crippen molar-refractivity contribution in [3.8, 4) is 22.7 Å². The lowest BCUT2D eigenvalue weighted by atomic mass is 10.1. The molecule has 0 unspecified atom stereocenters. The van der Waals surface area contributed by atoms with Gasteiger partial charge in [0.2, 0.25) is 0 Å². The molecule has 0 atom stereocenters. The molecule has 0 fully saturated rings. The third-order valence-electron chi connectivity index (χ3n) is 4.02. The van der Waals surface area contributed by atoms with Gasteiger partial charge >= 0.3 is 0 Å². The van der Waals surface area contributed by atoms with E-state index in [2.05, 4.69) is 20.5 Å². The standard InChI is InChI=1S/C20H18BrNO3/c1-25-18-10-2-14(3-11-18)19-12-8-17(9-13-20(23)24)22(19)16-6-4-15(21)5-7-16/h2-8,10-12H,9,13H2,1H3,(H,23,24)/p-1. The smallest absolute Gasteiger partial charge is 0.118 e. The molecule has 0 radical (unpaired) electrons. The van der Waals surface area contributed by atoms with E-state index in [4.69, 9.17) is 4.74 Å². The van der Waals surface area contributed by atoms with E-state index >= 15 is 0 Å². The van der Waals surface area contributed by atoms with Crippen LogP contribution in [0.4, 0.5) is 0 Å². The van der Waals surface area contributed by atoms with E-state index in [1.807, 2.05) is 60.7 Å². The molecule has 0 aliphatic heterocycles. The predicted octanol–water partition coefficient (Wildman–Crippen LogP) is 3.60. The van der Waals surface area contributed by atoms with Crippen molar-refractivity contribution in [1.29, 1.82) is 0 Å². The van der Waals surface area contributed by atoms with Gasteiger partial charge in [-0.2, -0.15) is 0 Å². The molecule has 0 aliphatic rings. The maximum Gasteiger partial charge on any atom is 0.118 e. The number of benzene rings is 2. The van der Waals surface area contributed by atoms with Crippen LogP contribution >= 0.6 is 15.9 Å². The number of hydrogen-bond acceptors (Lipinski definition) is 3. The van der Waals surface area contributed by atoms with Gasteiger partial charge in [0.25, 0.3) is 0 Å². The number of aliphatic carboxylic acids is 1. The summed E-state index contributed by atoms with van der Waals surface area (Å²) in [5.41, 5.74) is 3.94. The molecular formula is C20H17BrNO3-. The van der Waals surface area contributed by atoms with Crippen LogP contribution in [0, 0.1) is 0 Å². The summed E-state index contributed by atoms with van der Waals surface area (Å²) in [6.45, 7) is 0. The van der Waals surface area contributed by atoms with Crippen LogP contribution in [-0.2, 0) is 11.2 Å². The zero-order valence-corrected chi connectivity index (χ0v) is 15.3. The second kappa shape index (κ2) is 7.57. The lowest BCUT2D eigenvalue weighted by Crippen LogP contribution is -2.22. The van der Waals surface area contributed by atoms with Crippen molar-refractivity contribution in [2.45, 2.75) is 12.8 Å². The SMILES string of the molecule is COc1ccc(-c2ccc(CCC(=O)[O-])n2-c2ccc(Br)cc2)cc1. The van der Waals surface area contributed by atoms with Crippen molar-refractivity contribution in [2.75, 3.05) is 7.11 Å². The summed E-state index contributed by atoms with van der Waals surface area (Å²) < 4.78 is 8.29. The van der Waals surface area contributed by atoms with Crippen molar-refractivity contribution in [3.63, 3.8) is 0 Å². The number of nitrogens with zero attached hydrogens (tertiary/aromatic N) is 1. The van der Waals surface area contributed by atoms with Crippen molar-refractivity contribution >= 4 is 21.9 Å². The number of carbonyl (C=O) groups excluding carboxylic acids is 1. The largest absolute Gasteiger partial charge is 0.550 e. The number of methoxy groups -OCH3 is 1. The van der Waals surface area contributed by atoms with Crippen LogP contribution < -0.4 is 9.84 Å². The van der Waals surface area contributed by atoms with Crippen LogP contribution in [0.3, 0.4) is 0 Å². The Hall–Kier alpha value is -2.53. The Labute approximate surface area is 154 Å². The maximum absolute atomic E-state index is 10.9. The fourth-order valence-electron chi connectivity index (χ4n) is 2.79. The lowest BCUT2D eigenvalue weighted by Gasteiger charge is -2.15. The van der Waals surface area contributed by atoms with E-state index < -0.39 is 5.97 Å². The average molecular weight is 399 g/mol. The number of ether oxygens (including phenoxy) is 1. The Balaban J connectivity index is 2.07. The first-order chi connectivity index (χ1) is 12.1. The fourth-order valence-corrected chi connectivity index (χ4v) is 3.05. The summed E-state index contributed by atoms with van der Waals surface area (Å²) >= 11 is 3.45. The molecule has 1 aromatic heterocycles. The number of carbonyl (C=O) groups is 1. The summed E-state index contributed by atoms with van der Waals surface area (Å²) in [5.74, 6) is -0.253.